The van der Waals surface area contributed by atoms with Gasteiger partial charge in [-0.2, -0.15) is 5.10 Å². The highest BCUT2D eigenvalue weighted by Crippen LogP contribution is 2.43. The quantitative estimate of drug-likeness (QED) is 0.593. The van der Waals surface area contributed by atoms with Crippen LogP contribution in [0.5, 0.6) is 0 Å². The van der Waals surface area contributed by atoms with Crippen LogP contribution in [0.1, 0.15) is 32.4 Å². The highest BCUT2D eigenvalue weighted by molar-refractivity contribution is 5.79. The van der Waals surface area contributed by atoms with Crippen molar-refractivity contribution in [1.29, 1.82) is 0 Å². The van der Waals surface area contributed by atoms with Gasteiger partial charge in [0.2, 0.25) is 5.91 Å². The molecular formula is C24H32N8O. The van der Waals surface area contributed by atoms with Crippen LogP contribution in [0, 0.1) is 12.3 Å². The normalized spacial score (nSPS) is 18.4. The summed E-state index contributed by atoms with van der Waals surface area (Å²) in [7, 11) is 2.07. The Hall–Kier alpha value is -3.23. The predicted octanol–water partition coefficient (Wildman–Crippen LogP) is 2.50. The largest absolute Gasteiger partial charge is 0.367 e. The summed E-state index contributed by atoms with van der Waals surface area (Å²) in [6.45, 7) is 9.75. The van der Waals surface area contributed by atoms with Crippen LogP contribution in [0.3, 0.4) is 0 Å². The lowest BCUT2D eigenvalue weighted by Gasteiger charge is -2.47. The van der Waals surface area contributed by atoms with Crippen molar-refractivity contribution in [1.82, 2.24) is 29.6 Å². The van der Waals surface area contributed by atoms with E-state index in [4.69, 9.17) is 4.98 Å². The molecule has 0 aromatic carbocycles. The maximum atomic E-state index is 13.0. The monoisotopic (exact) mass is 448 g/mol. The molecule has 0 unspecified atom stereocenters. The number of anilines is 2. The molecule has 2 aliphatic rings. The van der Waals surface area contributed by atoms with Gasteiger partial charge in [-0.15, -0.1) is 0 Å². The summed E-state index contributed by atoms with van der Waals surface area (Å²) in [5.74, 6) is 0.890. The number of amides is 1. The number of hydrogen-bond acceptors (Lipinski definition) is 7. The van der Waals surface area contributed by atoms with Crippen molar-refractivity contribution in [3.05, 3.63) is 36.4 Å². The zero-order valence-corrected chi connectivity index (χ0v) is 19.9. The predicted molar refractivity (Wildman–Crippen MR) is 128 cm³/mol. The first-order chi connectivity index (χ1) is 15.8. The van der Waals surface area contributed by atoms with Crippen molar-refractivity contribution >= 4 is 28.6 Å². The molecule has 5 rings (SSSR count). The molecule has 1 amide bonds. The second-order valence-corrected chi connectivity index (χ2v) is 10.1. The Morgan fingerprint density at radius 2 is 1.91 bits per heavy atom. The number of hydrogen-bond donors (Lipinski definition) is 0. The highest BCUT2D eigenvalue weighted by atomic mass is 16.2. The Morgan fingerprint density at radius 1 is 1.15 bits per heavy atom. The molecule has 3 aromatic rings. The van der Waals surface area contributed by atoms with Gasteiger partial charge in [-0.25, -0.2) is 14.6 Å². The van der Waals surface area contributed by atoms with E-state index in [1.165, 1.54) is 0 Å². The van der Waals surface area contributed by atoms with Crippen LogP contribution < -0.4 is 9.80 Å². The van der Waals surface area contributed by atoms with E-state index in [9.17, 15) is 4.79 Å². The van der Waals surface area contributed by atoms with Crippen LogP contribution in [0.15, 0.2) is 30.7 Å². The molecule has 9 nitrogen and oxygen atoms in total. The molecule has 174 valence electrons. The maximum absolute atomic E-state index is 13.0. The fourth-order valence-electron chi connectivity index (χ4n) is 5.04. The third kappa shape index (κ3) is 4.24. The third-order valence-corrected chi connectivity index (χ3v) is 7.06. The van der Waals surface area contributed by atoms with Gasteiger partial charge in [-0.3, -0.25) is 9.78 Å². The molecule has 9 heteroatoms. The van der Waals surface area contributed by atoms with Gasteiger partial charge in [0.05, 0.1) is 23.8 Å². The van der Waals surface area contributed by atoms with E-state index >= 15 is 0 Å². The lowest BCUT2D eigenvalue weighted by atomic mass is 9.68. The van der Waals surface area contributed by atoms with Crippen LogP contribution in [-0.4, -0.2) is 74.8 Å². The van der Waals surface area contributed by atoms with E-state index < -0.39 is 0 Å². The molecule has 0 atom stereocenters. The van der Waals surface area contributed by atoms with Crippen LogP contribution in [0.4, 0.5) is 11.5 Å². The molecule has 1 aliphatic heterocycles. The molecule has 1 saturated carbocycles. The number of carbonyl (C=O) groups is 1. The van der Waals surface area contributed by atoms with Gasteiger partial charge < -0.3 is 14.7 Å². The van der Waals surface area contributed by atoms with Crippen molar-refractivity contribution in [2.45, 2.75) is 46.2 Å². The van der Waals surface area contributed by atoms with Gasteiger partial charge in [0, 0.05) is 45.5 Å². The Kier molecular flexibility index (Phi) is 5.42. The summed E-state index contributed by atoms with van der Waals surface area (Å²) in [5, 5.41) is 4.41. The van der Waals surface area contributed by atoms with Gasteiger partial charge in [-0.1, -0.05) is 13.8 Å². The van der Waals surface area contributed by atoms with Crippen LogP contribution in [0.2, 0.25) is 0 Å². The summed E-state index contributed by atoms with van der Waals surface area (Å²) in [6.07, 6.45) is 7.60. The van der Waals surface area contributed by atoms with Crippen molar-refractivity contribution in [2.24, 2.45) is 5.41 Å². The second-order valence-electron chi connectivity index (χ2n) is 10.1. The lowest BCUT2D eigenvalue weighted by molar-refractivity contribution is -0.132. The minimum Gasteiger partial charge on any atom is -0.367 e. The Labute approximate surface area is 194 Å². The molecule has 4 heterocycles. The van der Waals surface area contributed by atoms with E-state index in [0.717, 1.165) is 43.1 Å². The number of pyridine rings is 1. The van der Waals surface area contributed by atoms with E-state index in [1.54, 1.807) is 17.1 Å². The Bertz CT molecular complexity index is 1160. The third-order valence-electron chi connectivity index (χ3n) is 7.06. The summed E-state index contributed by atoms with van der Waals surface area (Å²) in [4.78, 5) is 33.2. The van der Waals surface area contributed by atoms with Gasteiger partial charge in [0.1, 0.15) is 17.9 Å². The number of rotatable bonds is 5. The zero-order valence-electron chi connectivity index (χ0n) is 19.9. The number of piperazine rings is 1. The number of fused-ring (bicyclic) bond motifs is 1. The molecule has 0 radical (unpaired) electrons. The van der Waals surface area contributed by atoms with Crippen LogP contribution in [0.25, 0.3) is 11.2 Å². The highest BCUT2D eigenvalue weighted by Gasteiger charge is 2.39. The first kappa shape index (κ1) is 21.6. The topological polar surface area (TPSA) is 83.3 Å². The number of nitrogens with zero attached hydrogens (tertiary/aromatic N) is 8. The van der Waals surface area contributed by atoms with Crippen molar-refractivity contribution in [3.8, 4) is 0 Å². The Morgan fingerprint density at radius 3 is 2.61 bits per heavy atom. The average Bonchev–Trinajstić information content (AvgIpc) is 3.19. The molecule has 0 bridgehead atoms. The second kappa shape index (κ2) is 8.28. The molecule has 1 aliphatic carbocycles. The average molecular weight is 449 g/mol. The molecular weight excluding hydrogens is 416 g/mol. The summed E-state index contributed by atoms with van der Waals surface area (Å²) in [5.41, 5.74) is 3.93. The summed E-state index contributed by atoms with van der Waals surface area (Å²) in [6, 6.07) is 4.53. The molecule has 3 aromatic heterocycles. The van der Waals surface area contributed by atoms with Crippen molar-refractivity contribution in [2.75, 3.05) is 43.0 Å². The van der Waals surface area contributed by atoms with Gasteiger partial charge in [0.15, 0.2) is 5.65 Å². The fraction of sp³-hybridized carbons (Fsp3) is 0.542. The molecule has 0 N–H and O–H groups in total. The fourth-order valence-corrected chi connectivity index (χ4v) is 5.04. The smallest absolute Gasteiger partial charge is 0.244 e. The number of aryl methyl sites for hydroxylation is 1. The van der Waals surface area contributed by atoms with E-state index in [2.05, 4.69) is 51.8 Å². The van der Waals surface area contributed by atoms with Gasteiger partial charge >= 0.3 is 0 Å². The molecule has 2 fully saturated rings. The van der Waals surface area contributed by atoms with E-state index in [-0.39, 0.29) is 12.5 Å². The first-order valence-corrected chi connectivity index (χ1v) is 11.7. The van der Waals surface area contributed by atoms with E-state index in [1.807, 2.05) is 24.1 Å². The SMILES string of the molecule is Cc1ncccc1N1CCN(C(=O)Cn2ncc3ncc(N(C)C4CC(C)(C)C4)nc32)CC1. The summed E-state index contributed by atoms with van der Waals surface area (Å²) < 4.78 is 1.68. The number of carbonyl (C=O) groups excluding carboxylic acids is 1. The maximum Gasteiger partial charge on any atom is 0.244 e. The van der Waals surface area contributed by atoms with Crippen molar-refractivity contribution in [3.63, 3.8) is 0 Å². The number of aromatic nitrogens is 5. The standard InChI is InChI=1S/C24H32N8O/c1-17-20(6-5-7-25-17)30-8-10-31(11-9-30)22(33)16-32-23-19(14-27-32)26-15-21(28-23)29(4)18-12-24(2,3)13-18/h5-7,14-15,18H,8-13,16H2,1-4H3. The minimum absolute atomic E-state index is 0.0591. The molecule has 0 spiro atoms. The first-order valence-electron chi connectivity index (χ1n) is 11.7. The zero-order chi connectivity index (χ0) is 23.2. The summed E-state index contributed by atoms with van der Waals surface area (Å²) >= 11 is 0. The molecule has 1 saturated heterocycles. The lowest BCUT2D eigenvalue weighted by Crippen LogP contribution is -2.49. The Balaban J connectivity index is 1.25. The van der Waals surface area contributed by atoms with Gasteiger partial charge in [-0.05, 0) is 37.3 Å². The minimum atomic E-state index is 0.0591. The van der Waals surface area contributed by atoms with E-state index in [0.29, 0.717) is 35.7 Å². The molecule has 33 heavy (non-hydrogen) atoms. The van der Waals surface area contributed by atoms with Crippen LogP contribution >= 0.6 is 0 Å². The van der Waals surface area contributed by atoms with Gasteiger partial charge in [0.25, 0.3) is 0 Å². The van der Waals surface area contributed by atoms with Crippen LogP contribution in [-0.2, 0) is 11.3 Å². The van der Waals surface area contributed by atoms with Crippen molar-refractivity contribution < 1.29 is 4.79 Å².